The summed E-state index contributed by atoms with van der Waals surface area (Å²) < 4.78 is 51.4. The van der Waals surface area contributed by atoms with Gasteiger partial charge < -0.3 is 14.5 Å². The Hall–Kier alpha value is -2.37. The molecule has 1 unspecified atom stereocenters. The van der Waals surface area contributed by atoms with Gasteiger partial charge in [0, 0.05) is 0 Å². The summed E-state index contributed by atoms with van der Waals surface area (Å²) in [4.78, 5) is 23.7. The number of thioether (sulfide) groups is 1. The van der Waals surface area contributed by atoms with Crippen molar-refractivity contribution in [1.82, 2.24) is 10.0 Å². The molecule has 2 rings (SSSR count). The van der Waals surface area contributed by atoms with Gasteiger partial charge in [0.15, 0.2) is 0 Å². The molecule has 1 heterocycles. The number of nitrogens with one attached hydrogen (secondary N) is 2. The van der Waals surface area contributed by atoms with Crippen LogP contribution in [0.25, 0.3) is 0 Å². The van der Waals surface area contributed by atoms with E-state index in [1.54, 1.807) is 6.92 Å². The number of carbonyl (C=O) groups excluding carboxylic acids is 2. The van der Waals surface area contributed by atoms with Crippen molar-refractivity contribution in [3.05, 3.63) is 53.2 Å². The van der Waals surface area contributed by atoms with Gasteiger partial charge in [-0.2, -0.15) is 16.5 Å². The monoisotopic (exact) mass is 458 g/mol. The quantitative estimate of drug-likeness (QED) is 0.525. The molecule has 164 valence electrons. The first-order valence-corrected chi connectivity index (χ1v) is 11.8. The summed E-state index contributed by atoms with van der Waals surface area (Å²) >= 11 is 1.44. The zero-order valence-electron chi connectivity index (χ0n) is 16.7. The van der Waals surface area contributed by atoms with Gasteiger partial charge >= 0.3 is 5.97 Å². The summed E-state index contributed by atoms with van der Waals surface area (Å²) in [5.74, 6) is -0.922. The van der Waals surface area contributed by atoms with Gasteiger partial charge in [0.05, 0.1) is 13.7 Å². The van der Waals surface area contributed by atoms with E-state index in [9.17, 15) is 22.4 Å². The molecular weight excluding hydrogens is 435 g/mol. The molecule has 8 nitrogen and oxygen atoms in total. The van der Waals surface area contributed by atoms with E-state index in [2.05, 4.69) is 14.8 Å². The van der Waals surface area contributed by atoms with E-state index < -0.39 is 38.7 Å². The number of aryl methyl sites for hydroxylation is 1. The molecule has 0 radical (unpaired) electrons. The minimum Gasteiger partial charge on any atom is -0.465 e. The number of esters is 1. The Kier molecular flexibility index (Phi) is 8.44. The standard InChI is InChI=1S/C19H23FN2O6S2/c1-12-14(19(24)27-2)10-13(28-12)11-21-18(23)16(8-9-29-3)22-30(25,26)17-7-5-4-6-15(17)20/h4-7,10,16,22H,8-9,11H2,1-3H3,(H,21,23). The van der Waals surface area contributed by atoms with Crippen LogP contribution >= 0.6 is 11.8 Å². The minimum absolute atomic E-state index is 0.0616. The van der Waals surface area contributed by atoms with Crippen LogP contribution in [0.1, 0.15) is 28.3 Å². The fraction of sp³-hybridized carbons (Fsp3) is 0.368. The van der Waals surface area contributed by atoms with Gasteiger partial charge in [-0.25, -0.2) is 17.6 Å². The van der Waals surface area contributed by atoms with Crippen molar-refractivity contribution >= 4 is 33.7 Å². The minimum atomic E-state index is -4.25. The molecule has 0 saturated heterocycles. The van der Waals surface area contributed by atoms with Crippen molar-refractivity contribution in [2.75, 3.05) is 19.1 Å². The topological polar surface area (TPSA) is 115 Å². The number of ether oxygens (including phenoxy) is 1. The molecule has 0 aliphatic rings. The molecule has 0 aliphatic heterocycles. The van der Waals surface area contributed by atoms with Crippen LogP contribution in [0.3, 0.4) is 0 Å². The molecule has 0 bridgehead atoms. The number of furan rings is 1. The lowest BCUT2D eigenvalue weighted by atomic mass is 10.2. The van der Waals surface area contributed by atoms with Gasteiger partial charge in [0.2, 0.25) is 15.9 Å². The zero-order valence-corrected chi connectivity index (χ0v) is 18.4. The first-order chi connectivity index (χ1) is 14.2. The predicted octanol–water partition coefficient (Wildman–Crippen LogP) is 2.23. The van der Waals surface area contributed by atoms with Gasteiger partial charge in [-0.05, 0) is 43.6 Å². The number of amides is 1. The second kappa shape index (κ2) is 10.6. The predicted molar refractivity (Wildman–Crippen MR) is 110 cm³/mol. The molecule has 0 spiro atoms. The van der Waals surface area contributed by atoms with E-state index in [0.717, 1.165) is 12.1 Å². The Morgan fingerprint density at radius 1 is 1.30 bits per heavy atom. The Labute approximate surface area is 178 Å². The lowest BCUT2D eigenvalue weighted by Crippen LogP contribution is -2.46. The molecule has 2 N–H and O–H groups in total. The molecule has 0 saturated carbocycles. The van der Waals surface area contributed by atoms with Crippen LogP contribution in [0.15, 0.2) is 39.6 Å². The van der Waals surface area contributed by atoms with Gasteiger partial charge in [0.25, 0.3) is 0 Å². The molecule has 30 heavy (non-hydrogen) atoms. The molecular formula is C19H23FN2O6S2. The van der Waals surface area contributed by atoms with E-state index in [4.69, 9.17) is 4.42 Å². The lowest BCUT2D eigenvalue weighted by molar-refractivity contribution is -0.123. The molecule has 1 aromatic heterocycles. The van der Waals surface area contributed by atoms with Crippen molar-refractivity contribution in [3.63, 3.8) is 0 Å². The Bertz CT molecular complexity index is 1010. The molecule has 0 fully saturated rings. The summed E-state index contributed by atoms with van der Waals surface area (Å²) in [5.41, 5.74) is 0.237. The number of rotatable bonds is 10. The van der Waals surface area contributed by atoms with E-state index >= 15 is 0 Å². The van der Waals surface area contributed by atoms with E-state index in [0.29, 0.717) is 17.3 Å². The van der Waals surface area contributed by atoms with Crippen LogP contribution in [0, 0.1) is 12.7 Å². The molecule has 2 aromatic rings. The molecule has 0 aliphatic carbocycles. The smallest absolute Gasteiger partial charge is 0.341 e. The first kappa shape index (κ1) is 23.9. The summed E-state index contributed by atoms with van der Waals surface area (Å²) in [7, 11) is -3.00. The Morgan fingerprint density at radius 3 is 2.63 bits per heavy atom. The second-order valence-corrected chi connectivity index (χ2v) is 8.95. The van der Waals surface area contributed by atoms with Crippen molar-refractivity contribution in [2.24, 2.45) is 0 Å². The maximum atomic E-state index is 13.9. The third kappa shape index (κ3) is 6.07. The molecule has 1 atom stereocenters. The lowest BCUT2D eigenvalue weighted by Gasteiger charge is -2.18. The highest BCUT2D eigenvalue weighted by atomic mass is 32.2. The van der Waals surface area contributed by atoms with Crippen LogP contribution in [0.2, 0.25) is 0 Å². The largest absolute Gasteiger partial charge is 0.465 e. The third-order valence-electron chi connectivity index (χ3n) is 4.16. The van der Waals surface area contributed by atoms with E-state index in [-0.39, 0.29) is 18.5 Å². The van der Waals surface area contributed by atoms with Gasteiger partial charge in [-0.3, -0.25) is 4.79 Å². The van der Waals surface area contributed by atoms with Crippen LogP contribution in [-0.2, 0) is 26.1 Å². The number of methoxy groups -OCH3 is 1. The third-order valence-corrected chi connectivity index (χ3v) is 6.31. The van der Waals surface area contributed by atoms with Crippen molar-refractivity contribution in [1.29, 1.82) is 0 Å². The summed E-state index contributed by atoms with van der Waals surface area (Å²) in [6.45, 7) is 1.52. The van der Waals surface area contributed by atoms with Gasteiger partial charge in [-0.1, -0.05) is 12.1 Å². The number of halogens is 1. The van der Waals surface area contributed by atoms with Crippen molar-refractivity contribution in [2.45, 2.75) is 30.8 Å². The van der Waals surface area contributed by atoms with Crippen LogP contribution < -0.4 is 10.0 Å². The fourth-order valence-corrected chi connectivity index (χ4v) is 4.41. The van der Waals surface area contributed by atoms with Crippen LogP contribution in [-0.4, -0.2) is 45.5 Å². The number of hydrogen-bond donors (Lipinski definition) is 2. The number of carbonyl (C=O) groups is 2. The Balaban J connectivity index is 2.12. The van der Waals surface area contributed by atoms with E-state index in [1.165, 1.54) is 37.1 Å². The van der Waals surface area contributed by atoms with E-state index in [1.807, 2.05) is 6.26 Å². The van der Waals surface area contributed by atoms with Crippen molar-refractivity contribution < 1.29 is 31.6 Å². The van der Waals surface area contributed by atoms with Gasteiger partial charge in [-0.15, -0.1) is 0 Å². The summed E-state index contributed by atoms with van der Waals surface area (Å²) in [6, 6.07) is 5.26. The second-order valence-electron chi connectivity index (χ2n) is 6.28. The fourth-order valence-electron chi connectivity index (χ4n) is 2.63. The summed E-state index contributed by atoms with van der Waals surface area (Å²) in [5, 5.41) is 2.58. The van der Waals surface area contributed by atoms with Crippen molar-refractivity contribution in [3.8, 4) is 0 Å². The highest BCUT2D eigenvalue weighted by Gasteiger charge is 2.27. The van der Waals surface area contributed by atoms with Crippen LogP contribution in [0.4, 0.5) is 4.39 Å². The number of sulfonamides is 1. The summed E-state index contributed by atoms with van der Waals surface area (Å²) in [6.07, 6.45) is 2.02. The number of benzene rings is 1. The SMILES string of the molecule is COC(=O)c1cc(CNC(=O)C(CCSC)NS(=O)(=O)c2ccccc2F)oc1C. The van der Waals surface area contributed by atoms with Gasteiger partial charge in [0.1, 0.15) is 33.8 Å². The maximum Gasteiger partial charge on any atom is 0.341 e. The average Bonchev–Trinajstić information content (AvgIpc) is 3.09. The maximum absolute atomic E-state index is 13.9. The average molecular weight is 459 g/mol. The Morgan fingerprint density at radius 2 is 2.00 bits per heavy atom. The molecule has 1 amide bonds. The zero-order chi connectivity index (χ0) is 22.3. The molecule has 1 aromatic carbocycles. The molecule has 11 heteroatoms. The highest BCUT2D eigenvalue weighted by molar-refractivity contribution is 7.98. The number of hydrogen-bond acceptors (Lipinski definition) is 7. The highest BCUT2D eigenvalue weighted by Crippen LogP contribution is 2.17. The van der Waals surface area contributed by atoms with Crippen LogP contribution in [0.5, 0.6) is 0 Å². The normalized spacial score (nSPS) is 12.4. The first-order valence-electron chi connectivity index (χ1n) is 8.90.